The summed E-state index contributed by atoms with van der Waals surface area (Å²) in [5, 5.41) is 13.5. The molecule has 0 aromatic carbocycles. The van der Waals surface area contributed by atoms with Gasteiger partial charge in [-0.15, -0.1) is 11.3 Å². The molecule has 1 N–H and O–H groups in total. The predicted molar refractivity (Wildman–Crippen MR) is 103 cm³/mol. The molecular formula is C19H29N3O3S. The van der Waals surface area contributed by atoms with Crippen molar-refractivity contribution in [2.75, 3.05) is 33.8 Å². The summed E-state index contributed by atoms with van der Waals surface area (Å²) in [4.78, 5) is 20.8. The fourth-order valence-corrected chi connectivity index (χ4v) is 4.55. The molecule has 2 atom stereocenters. The van der Waals surface area contributed by atoms with Gasteiger partial charge >= 0.3 is 0 Å². The summed E-state index contributed by atoms with van der Waals surface area (Å²) < 4.78 is 6.12. The Balaban J connectivity index is 1.58. The molecule has 2 fully saturated rings. The van der Waals surface area contributed by atoms with E-state index in [1.165, 1.54) is 0 Å². The fraction of sp³-hybridized carbons (Fsp3) is 0.684. The minimum atomic E-state index is -0.837. The van der Waals surface area contributed by atoms with Crippen molar-refractivity contribution < 1.29 is 14.6 Å². The van der Waals surface area contributed by atoms with Crippen LogP contribution >= 0.6 is 11.3 Å². The fourth-order valence-electron chi connectivity index (χ4n) is 3.97. The lowest BCUT2D eigenvalue weighted by atomic mass is 9.77. The lowest BCUT2D eigenvalue weighted by molar-refractivity contribution is -0.206. The second kappa shape index (κ2) is 7.38. The van der Waals surface area contributed by atoms with Crippen LogP contribution in [0.5, 0.6) is 0 Å². The van der Waals surface area contributed by atoms with Crippen LogP contribution in [0.4, 0.5) is 0 Å². The second-order valence-electron chi connectivity index (χ2n) is 7.96. The van der Waals surface area contributed by atoms with Gasteiger partial charge in [-0.3, -0.25) is 4.79 Å². The van der Waals surface area contributed by atoms with E-state index in [-0.39, 0.29) is 17.6 Å². The number of aromatic nitrogens is 1. The van der Waals surface area contributed by atoms with Gasteiger partial charge in [0.25, 0.3) is 0 Å². The van der Waals surface area contributed by atoms with E-state index in [1.807, 2.05) is 38.2 Å². The number of nitrogens with zero attached hydrogens (tertiary/aromatic N) is 3. The van der Waals surface area contributed by atoms with E-state index in [9.17, 15) is 9.90 Å². The third kappa shape index (κ3) is 4.17. The second-order valence-corrected chi connectivity index (χ2v) is 9.02. The Bertz CT molecular complexity index is 675. The summed E-state index contributed by atoms with van der Waals surface area (Å²) in [6.07, 6.45) is 5.81. The highest BCUT2D eigenvalue weighted by Gasteiger charge is 2.49. The van der Waals surface area contributed by atoms with Crippen molar-refractivity contribution in [3.8, 4) is 0 Å². The number of piperidine rings is 1. The molecule has 2 saturated heterocycles. The Morgan fingerprint density at radius 2 is 2.15 bits per heavy atom. The number of likely N-dealkylation sites (N-methyl/N-ethyl adjacent to an activating group) is 1. The summed E-state index contributed by atoms with van der Waals surface area (Å²) in [6.45, 7) is 5.50. The number of likely N-dealkylation sites (tertiary alicyclic amines) is 1. The van der Waals surface area contributed by atoms with Crippen molar-refractivity contribution in [2.45, 2.75) is 50.4 Å². The Labute approximate surface area is 159 Å². The van der Waals surface area contributed by atoms with Crippen LogP contribution in [-0.2, 0) is 9.53 Å². The number of hydrogen-bond donors (Lipinski definition) is 1. The molecule has 7 heteroatoms. The van der Waals surface area contributed by atoms with Gasteiger partial charge in [-0.2, -0.15) is 0 Å². The summed E-state index contributed by atoms with van der Waals surface area (Å²) >= 11 is 1.58. The maximum atomic E-state index is 12.5. The van der Waals surface area contributed by atoms with Gasteiger partial charge in [0.15, 0.2) is 0 Å². The third-order valence-electron chi connectivity index (χ3n) is 5.60. The van der Waals surface area contributed by atoms with Gasteiger partial charge in [0.1, 0.15) is 5.60 Å². The monoisotopic (exact) mass is 379 g/mol. The Hall–Kier alpha value is -1.28. The molecule has 2 aliphatic rings. The Morgan fingerprint density at radius 3 is 2.73 bits per heavy atom. The average Bonchev–Trinajstić information content (AvgIpc) is 3.01. The van der Waals surface area contributed by atoms with Gasteiger partial charge in [0.05, 0.1) is 22.9 Å². The molecule has 3 heterocycles. The summed E-state index contributed by atoms with van der Waals surface area (Å²) in [7, 11) is 4.00. The number of aryl methyl sites for hydroxylation is 1. The summed E-state index contributed by atoms with van der Waals surface area (Å²) in [6, 6.07) is 0.0614. The molecule has 1 aromatic rings. The molecule has 6 nitrogen and oxygen atoms in total. The van der Waals surface area contributed by atoms with Crippen molar-refractivity contribution in [3.05, 3.63) is 22.2 Å². The molecule has 0 bridgehead atoms. The predicted octanol–water partition coefficient (Wildman–Crippen LogP) is 1.93. The number of carbonyl (C=O) groups is 1. The van der Waals surface area contributed by atoms with Crippen LogP contribution in [-0.4, -0.2) is 76.8 Å². The molecule has 0 saturated carbocycles. The van der Waals surface area contributed by atoms with Crippen molar-refractivity contribution in [1.82, 2.24) is 14.8 Å². The van der Waals surface area contributed by atoms with Gasteiger partial charge in [-0.25, -0.2) is 4.98 Å². The van der Waals surface area contributed by atoms with Gasteiger partial charge < -0.3 is 19.6 Å². The average molecular weight is 380 g/mol. The number of carbonyl (C=O) groups excluding carboxylic acids is 1. The third-order valence-corrected chi connectivity index (χ3v) is 6.39. The Morgan fingerprint density at radius 1 is 1.46 bits per heavy atom. The molecule has 3 rings (SSSR count). The smallest absolute Gasteiger partial charge is 0.246 e. The highest BCUT2D eigenvalue weighted by atomic mass is 32.1. The number of ether oxygens (including phenoxy) is 1. The zero-order valence-corrected chi connectivity index (χ0v) is 16.9. The first-order valence-corrected chi connectivity index (χ1v) is 10.0. The number of aliphatic hydroxyl groups is 1. The first-order chi connectivity index (χ1) is 12.2. The van der Waals surface area contributed by atoms with E-state index >= 15 is 0 Å². The van der Waals surface area contributed by atoms with Gasteiger partial charge in [0, 0.05) is 30.6 Å². The first-order valence-electron chi connectivity index (χ1n) is 9.13. The van der Waals surface area contributed by atoms with Crippen molar-refractivity contribution in [3.63, 3.8) is 0 Å². The lowest BCUT2D eigenvalue weighted by Gasteiger charge is -2.52. The lowest BCUT2D eigenvalue weighted by Crippen LogP contribution is -2.62. The number of hydrogen-bond acceptors (Lipinski definition) is 6. The molecule has 1 aromatic heterocycles. The minimum absolute atomic E-state index is 0.0254. The van der Waals surface area contributed by atoms with E-state index < -0.39 is 5.60 Å². The molecule has 0 aliphatic carbocycles. The number of rotatable bonds is 3. The van der Waals surface area contributed by atoms with Gasteiger partial charge in [-0.05, 0) is 53.3 Å². The molecule has 2 aliphatic heterocycles. The normalized spacial score (nSPS) is 29.0. The molecule has 0 radical (unpaired) electrons. The van der Waals surface area contributed by atoms with Crippen molar-refractivity contribution in [2.24, 2.45) is 0 Å². The number of amides is 1. The first kappa shape index (κ1) is 19.5. The van der Waals surface area contributed by atoms with Crippen LogP contribution in [0.2, 0.25) is 0 Å². The molecule has 144 valence electrons. The molecule has 26 heavy (non-hydrogen) atoms. The highest BCUT2D eigenvalue weighted by Crippen LogP contribution is 2.39. The van der Waals surface area contributed by atoms with Crippen molar-refractivity contribution in [1.29, 1.82) is 0 Å². The maximum Gasteiger partial charge on any atom is 0.246 e. The van der Waals surface area contributed by atoms with E-state index in [0.717, 1.165) is 30.0 Å². The van der Waals surface area contributed by atoms with Crippen LogP contribution in [0.3, 0.4) is 0 Å². The van der Waals surface area contributed by atoms with Gasteiger partial charge in [0.2, 0.25) is 5.91 Å². The quantitative estimate of drug-likeness (QED) is 0.813. The van der Waals surface area contributed by atoms with E-state index in [0.29, 0.717) is 19.7 Å². The Kier molecular flexibility index (Phi) is 5.53. The molecule has 0 unspecified atom stereocenters. The van der Waals surface area contributed by atoms with Crippen LogP contribution in [0.15, 0.2) is 11.5 Å². The summed E-state index contributed by atoms with van der Waals surface area (Å²) in [5.41, 5.74) is -0.235. The minimum Gasteiger partial charge on any atom is -0.386 e. The maximum absolute atomic E-state index is 12.5. The van der Waals surface area contributed by atoms with E-state index in [4.69, 9.17) is 4.74 Å². The van der Waals surface area contributed by atoms with Crippen LogP contribution in [0, 0.1) is 6.92 Å². The zero-order valence-electron chi connectivity index (χ0n) is 16.1. The molecule has 1 spiro atoms. The standard InChI is InChI=1S/C19H29N3O3S/c1-14-20-15(12-26-14)5-6-17(23)22-9-7-19(8-10-22)11-16(21(3)4)18(2,24)13-25-19/h5-6,12,16,24H,7-11,13H2,1-4H3/b6-5+/t16-,18-/m0/s1. The van der Waals surface area contributed by atoms with Crippen molar-refractivity contribution >= 4 is 23.3 Å². The molecule has 1 amide bonds. The number of thiazole rings is 1. The van der Waals surface area contributed by atoms with Crippen LogP contribution < -0.4 is 0 Å². The van der Waals surface area contributed by atoms with Crippen LogP contribution in [0.1, 0.15) is 36.9 Å². The van der Waals surface area contributed by atoms with E-state index in [1.54, 1.807) is 23.5 Å². The van der Waals surface area contributed by atoms with Crippen LogP contribution in [0.25, 0.3) is 6.08 Å². The highest BCUT2D eigenvalue weighted by molar-refractivity contribution is 7.09. The molecular weight excluding hydrogens is 350 g/mol. The topological polar surface area (TPSA) is 65.9 Å². The largest absolute Gasteiger partial charge is 0.386 e. The van der Waals surface area contributed by atoms with Gasteiger partial charge in [-0.1, -0.05) is 0 Å². The summed E-state index contributed by atoms with van der Waals surface area (Å²) in [5.74, 6) is 0.0254. The van der Waals surface area contributed by atoms with E-state index in [2.05, 4.69) is 9.88 Å². The zero-order chi connectivity index (χ0) is 18.9. The SMILES string of the molecule is Cc1nc(/C=C/C(=O)N2CCC3(CC2)C[C@H](N(C)C)[C@@](C)(O)CO3)cs1.